The third-order valence-electron chi connectivity index (χ3n) is 3.57. The third-order valence-corrected chi connectivity index (χ3v) is 5.06. The molecule has 0 saturated carbocycles. The first-order valence-corrected chi connectivity index (χ1v) is 8.62. The fourth-order valence-corrected chi connectivity index (χ4v) is 3.95. The van der Waals surface area contributed by atoms with Crippen LogP contribution in [0.15, 0.2) is 0 Å². The third kappa shape index (κ3) is 5.26. The van der Waals surface area contributed by atoms with Gasteiger partial charge < -0.3 is 9.47 Å². The van der Waals surface area contributed by atoms with Crippen molar-refractivity contribution in [3.63, 3.8) is 0 Å². The molecule has 1 fully saturated rings. The van der Waals surface area contributed by atoms with Gasteiger partial charge in [0.1, 0.15) is 5.54 Å². The van der Waals surface area contributed by atoms with Crippen LogP contribution >= 0.6 is 11.8 Å². The molecule has 1 heterocycles. The summed E-state index contributed by atoms with van der Waals surface area (Å²) in [6.45, 7) is 11.3. The van der Waals surface area contributed by atoms with Gasteiger partial charge in [0.05, 0.1) is 12.7 Å². The van der Waals surface area contributed by atoms with Crippen LogP contribution in [0, 0.1) is 0 Å². The van der Waals surface area contributed by atoms with Crippen molar-refractivity contribution in [1.82, 2.24) is 5.32 Å². The van der Waals surface area contributed by atoms with Gasteiger partial charge in [-0.3, -0.25) is 10.1 Å². The van der Waals surface area contributed by atoms with E-state index in [4.69, 9.17) is 9.47 Å². The van der Waals surface area contributed by atoms with Gasteiger partial charge in [-0.15, -0.1) is 0 Å². The Labute approximate surface area is 127 Å². The van der Waals surface area contributed by atoms with Crippen LogP contribution in [0.4, 0.5) is 0 Å². The minimum Gasteiger partial charge on any atom is -0.465 e. The van der Waals surface area contributed by atoms with E-state index in [1.54, 1.807) is 0 Å². The van der Waals surface area contributed by atoms with E-state index in [0.717, 1.165) is 25.2 Å². The summed E-state index contributed by atoms with van der Waals surface area (Å²) in [6.07, 6.45) is 2.21. The maximum absolute atomic E-state index is 12.2. The molecule has 0 aromatic heterocycles. The molecule has 0 spiro atoms. The quantitative estimate of drug-likeness (QED) is 0.699. The van der Waals surface area contributed by atoms with E-state index in [1.165, 1.54) is 0 Å². The minimum atomic E-state index is -0.597. The Bertz CT molecular complexity index is 311. The molecule has 1 N–H and O–H groups in total. The predicted molar refractivity (Wildman–Crippen MR) is 84.2 cm³/mol. The molecule has 0 aromatic rings. The highest BCUT2D eigenvalue weighted by Crippen LogP contribution is 2.28. The van der Waals surface area contributed by atoms with Gasteiger partial charge in [-0.05, 0) is 53.2 Å². The summed E-state index contributed by atoms with van der Waals surface area (Å²) < 4.78 is 10.8. The van der Waals surface area contributed by atoms with Crippen molar-refractivity contribution >= 4 is 17.7 Å². The van der Waals surface area contributed by atoms with Gasteiger partial charge in [-0.25, -0.2) is 0 Å². The molecule has 20 heavy (non-hydrogen) atoms. The molecule has 1 saturated heterocycles. The smallest absolute Gasteiger partial charge is 0.326 e. The number of hydrogen-bond acceptors (Lipinski definition) is 5. The Morgan fingerprint density at radius 2 is 2.25 bits per heavy atom. The number of hydrogen-bond donors (Lipinski definition) is 1. The van der Waals surface area contributed by atoms with Crippen molar-refractivity contribution < 1.29 is 14.3 Å². The van der Waals surface area contributed by atoms with E-state index in [0.29, 0.717) is 18.0 Å². The highest BCUT2D eigenvalue weighted by atomic mass is 32.2. The van der Waals surface area contributed by atoms with E-state index in [2.05, 4.69) is 26.1 Å². The molecule has 1 aliphatic heterocycles. The summed E-state index contributed by atoms with van der Waals surface area (Å²) >= 11 is 1.91. The lowest BCUT2D eigenvalue weighted by Crippen LogP contribution is -2.53. The molecule has 0 aromatic carbocycles. The Balaban J connectivity index is 2.49. The van der Waals surface area contributed by atoms with Crippen molar-refractivity contribution in [2.45, 2.75) is 70.4 Å². The van der Waals surface area contributed by atoms with E-state index < -0.39 is 5.54 Å². The lowest BCUT2D eigenvalue weighted by Gasteiger charge is -2.31. The summed E-state index contributed by atoms with van der Waals surface area (Å²) in [5, 5.41) is 3.91. The van der Waals surface area contributed by atoms with Gasteiger partial charge in [0, 0.05) is 17.9 Å². The normalized spacial score (nSPS) is 25.7. The van der Waals surface area contributed by atoms with Gasteiger partial charge in [0.25, 0.3) is 0 Å². The summed E-state index contributed by atoms with van der Waals surface area (Å²) in [7, 11) is 0. The van der Waals surface area contributed by atoms with Gasteiger partial charge in [-0.1, -0.05) is 0 Å². The number of nitrogens with one attached hydrogen (secondary N) is 1. The average molecular weight is 303 g/mol. The fourth-order valence-electron chi connectivity index (χ4n) is 2.51. The van der Waals surface area contributed by atoms with Crippen LogP contribution in [0.25, 0.3) is 0 Å². The summed E-state index contributed by atoms with van der Waals surface area (Å²) in [6, 6.07) is 0.253. The minimum absolute atomic E-state index is 0.148. The molecular formula is C15H29NO3S. The molecule has 3 unspecified atom stereocenters. The zero-order valence-electron chi connectivity index (χ0n) is 13.4. The number of carbonyl (C=O) groups is 1. The lowest BCUT2D eigenvalue weighted by atomic mass is 9.98. The molecule has 0 amide bonds. The second-order valence-electron chi connectivity index (χ2n) is 5.88. The zero-order valence-corrected chi connectivity index (χ0v) is 14.2. The predicted octanol–water partition coefficient (Wildman–Crippen LogP) is 2.61. The van der Waals surface area contributed by atoms with E-state index in [1.807, 2.05) is 25.6 Å². The molecule has 3 atom stereocenters. The summed E-state index contributed by atoms with van der Waals surface area (Å²) in [4.78, 5) is 12.2. The highest BCUT2D eigenvalue weighted by molar-refractivity contribution is 7.99. The first-order valence-electron chi connectivity index (χ1n) is 7.57. The largest absolute Gasteiger partial charge is 0.465 e. The first-order chi connectivity index (χ1) is 9.39. The summed E-state index contributed by atoms with van der Waals surface area (Å²) in [5.74, 6) is 0.790. The van der Waals surface area contributed by atoms with Crippen molar-refractivity contribution in [1.29, 1.82) is 0 Å². The molecular weight excluding hydrogens is 274 g/mol. The molecule has 4 nitrogen and oxygen atoms in total. The Kier molecular flexibility index (Phi) is 7.34. The second kappa shape index (κ2) is 8.25. The van der Waals surface area contributed by atoms with Crippen LogP contribution in [0.2, 0.25) is 0 Å². The number of rotatable bonds is 8. The molecule has 0 aliphatic carbocycles. The molecule has 118 valence electrons. The lowest BCUT2D eigenvalue weighted by molar-refractivity contribution is -0.150. The number of carbonyl (C=O) groups excluding carboxylic acids is 1. The SMILES string of the molecule is CCOC(=O)C(C)(CCSC1CCOC1C)NC(C)C. The zero-order chi connectivity index (χ0) is 15.2. The molecule has 1 aliphatic rings. The Hall–Kier alpha value is -0.260. The second-order valence-corrected chi connectivity index (χ2v) is 7.22. The average Bonchev–Trinajstić information content (AvgIpc) is 2.74. The Morgan fingerprint density at radius 1 is 1.55 bits per heavy atom. The van der Waals surface area contributed by atoms with E-state index >= 15 is 0 Å². The molecule has 1 rings (SSSR count). The van der Waals surface area contributed by atoms with Gasteiger partial charge >= 0.3 is 5.97 Å². The van der Waals surface area contributed by atoms with Crippen LogP contribution in [0.5, 0.6) is 0 Å². The maximum Gasteiger partial charge on any atom is 0.326 e. The standard InChI is InChI=1S/C15H29NO3S/c1-6-18-14(17)15(5,16-11(2)3)8-10-20-13-7-9-19-12(13)4/h11-13,16H,6-10H2,1-5H3. The van der Waals surface area contributed by atoms with E-state index in [9.17, 15) is 4.79 Å². The van der Waals surface area contributed by atoms with E-state index in [-0.39, 0.29) is 12.0 Å². The Morgan fingerprint density at radius 3 is 2.75 bits per heavy atom. The monoisotopic (exact) mass is 303 g/mol. The number of ether oxygens (including phenoxy) is 2. The van der Waals surface area contributed by atoms with Crippen molar-refractivity contribution in [2.24, 2.45) is 0 Å². The van der Waals surface area contributed by atoms with Crippen molar-refractivity contribution in [2.75, 3.05) is 19.0 Å². The van der Waals surface area contributed by atoms with Crippen LogP contribution in [0.1, 0.15) is 47.5 Å². The van der Waals surface area contributed by atoms with Crippen LogP contribution in [0.3, 0.4) is 0 Å². The van der Waals surface area contributed by atoms with Gasteiger partial charge in [-0.2, -0.15) is 11.8 Å². The topological polar surface area (TPSA) is 47.6 Å². The highest BCUT2D eigenvalue weighted by Gasteiger charge is 2.35. The molecule has 0 bridgehead atoms. The molecule has 5 heteroatoms. The summed E-state index contributed by atoms with van der Waals surface area (Å²) in [5.41, 5.74) is -0.597. The van der Waals surface area contributed by atoms with Crippen LogP contribution in [-0.2, 0) is 14.3 Å². The van der Waals surface area contributed by atoms with Gasteiger partial charge in [0.15, 0.2) is 0 Å². The van der Waals surface area contributed by atoms with Crippen LogP contribution < -0.4 is 5.32 Å². The number of thioether (sulfide) groups is 1. The maximum atomic E-state index is 12.2. The van der Waals surface area contributed by atoms with Crippen molar-refractivity contribution in [3.8, 4) is 0 Å². The fraction of sp³-hybridized carbons (Fsp3) is 0.933. The van der Waals surface area contributed by atoms with Crippen molar-refractivity contribution in [3.05, 3.63) is 0 Å². The van der Waals surface area contributed by atoms with Gasteiger partial charge in [0.2, 0.25) is 0 Å². The number of esters is 1. The molecule has 0 radical (unpaired) electrons. The first kappa shape index (κ1) is 17.8. The van der Waals surface area contributed by atoms with Crippen LogP contribution in [-0.4, -0.2) is 47.9 Å².